The molecule has 0 radical (unpaired) electrons. The number of ether oxygens (including phenoxy) is 1. The zero-order chi connectivity index (χ0) is 13.0. The summed E-state index contributed by atoms with van der Waals surface area (Å²) in [7, 11) is 0. The molecule has 2 atom stereocenters. The summed E-state index contributed by atoms with van der Waals surface area (Å²) in [6.07, 6.45) is 2.48. The van der Waals surface area contributed by atoms with Crippen LogP contribution >= 0.6 is 0 Å². The van der Waals surface area contributed by atoms with E-state index in [1.54, 1.807) is 0 Å². The SMILES string of the molecule is CC(CCNC(C)C)CC1COc2ccccc21. The van der Waals surface area contributed by atoms with Crippen LogP contribution in [-0.4, -0.2) is 19.2 Å². The van der Waals surface area contributed by atoms with Gasteiger partial charge in [0.2, 0.25) is 0 Å². The molecule has 0 amide bonds. The van der Waals surface area contributed by atoms with Crippen molar-refractivity contribution in [3.63, 3.8) is 0 Å². The predicted octanol–water partition coefficient (Wildman–Crippen LogP) is 3.58. The van der Waals surface area contributed by atoms with Crippen LogP contribution in [0.5, 0.6) is 5.75 Å². The van der Waals surface area contributed by atoms with Gasteiger partial charge >= 0.3 is 0 Å². The van der Waals surface area contributed by atoms with Crippen molar-refractivity contribution in [2.45, 2.75) is 45.6 Å². The Morgan fingerprint density at radius 1 is 1.28 bits per heavy atom. The van der Waals surface area contributed by atoms with Crippen molar-refractivity contribution in [1.29, 1.82) is 0 Å². The van der Waals surface area contributed by atoms with Gasteiger partial charge in [-0.05, 0) is 31.4 Å². The van der Waals surface area contributed by atoms with E-state index in [4.69, 9.17) is 4.74 Å². The second-order valence-electron chi connectivity index (χ2n) is 5.78. The van der Waals surface area contributed by atoms with E-state index in [0.717, 1.165) is 24.8 Å². The van der Waals surface area contributed by atoms with E-state index in [1.807, 2.05) is 0 Å². The molecule has 100 valence electrons. The van der Waals surface area contributed by atoms with Crippen LogP contribution in [-0.2, 0) is 0 Å². The molecule has 2 unspecified atom stereocenters. The van der Waals surface area contributed by atoms with Gasteiger partial charge in [0.15, 0.2) is 0 Å². The molecule has 18 heavy (non-hydrogen) atoms. The first-order chi connectivity index (χ1) is 8.66. The minimum absolute atomic E-state index is 0.590. The molecular weight excluding hydrogens is 222 g/mol. The Balaban J connectivity index is 1.80. The number of fused-ring (bicyclic) bond motifs is 1. The molecule has 1 aliphatic rings. The molecule has 0 saturated heterocycles. The first kappa shape index (κ1) is 13.4. The topological polar surface area (TPSA) is 21.3 Å². The highest BCUT2D eigenvalue weighted by atomic mass is 16.5. The second kappa shape index (κ2) is 6.24. The molecule has 0 saturated carbocycles. The van der Waals surface area contributed by atoms with Gasteiger partial charge in [-0.25, -0.2) is 0 Å². The van der Waals surface area contributed by atoms with Crippen LogP contribution in [0.4, 0.5) is 0 Å². The Morgan fingerprint density at radius 2 is 2.06 bits per heavy atom. The van der Waals surface area contributed by atoms with Crippen molar-refractivity contribution >= 4 is 0 Å². The van der Waals surface area contributed by atoms with Gasteiger partial charge < -0.3 is 10.1 Å². The third kappa shape index (κ3) is 3.49. The van der Waals surface area contributed by atoms with Gasteiger partial charge in [0, 0.05) is 17.5 Å². The lowest BCUT2D eigenvalue weighted by Crippen LogP contribution is -2.25. The van der Waals surface area contributed by atoms with Crippen molar-refractivity contribution in [2.75, 3.05) is 13.2 Å². The van der Waals surface area contributed by atoms with Crippen LogP contribution in [0.15, 0.2) is 24.3 Å². The molecule has 0 spiro atoms. The summed E-state index contributed by atoms with van der Waals surface area (Å²) in [6, 6.07) is 9.06. The van der Waals surface area contributed by atoms with Gasteiger partial charge in [-0.1, -0.05) is 39.0 Å². The Labute approximate surface area is 111 Å². The van der Waals surface area contributed by atoms with E-state index in [1.165, 1.54) is 18.4 Å². The van der Waals surface area contributed by atoms with E-state index in [2.05, 4.69) is 50.4 Å². The average molecular weight is 247 g/mol. The standard InChI is InChI=1S/C16H25NO/c1-12(2)17-9-8-13(3)10-14-11-18-16-7-5-4-6-15(14)16/h4-7,12-14,17H,8-11H2,1-3H3. The molecule has 2 rings (SSSR count). The molecule has 0 fully saturated rings. The van der Waals surface area contributed by atoms with Crippen LogP contribution in [0.3, 0.4) is 0 Å². The molecule has 1 aliphatic heterocycles. The first-order valence-electron chi connectivity index (χ1n) is 7.12. The third-order valence-electron chi connectivity index (χ3n) is 3.68. The van der Waals surface area contributed by atoms with Crippen LogP contribution in [0.2, 0.25) is 0 Å². The van der Waals surface area contributed by atoms with E-state index in [0.29, 0.717) is 12.0 Å². The van der Waals surface area contributed by atoms with Gasteiger partial charge in [0.25, 0.3) is 0 Å². The number of hydrogen-bond donors (Lipinski definition) is 1. The summed E-state index contributed by atoms with van der Waals surface area (Å²) in [5.41, 5.74) is 1.40. The lowest BCUT2D eigenvalue weighted by atomic mass is 9.89. The molecule has 0 bridgehead atoms. The maximum absolute atomic E-state index is 5.74. The van der Waals surface area contributed by atoms with Gasteiger partial charge in [0.05, 0.1) is 6.61 Å². The van der Waals surface area contributed by atoms with E-state index in [9.17, 15) is 0 Å². The highest BCUT2D eigenvalue weighted by molar-refractivity contribution is 5.39. The normalized spacial score (nSPS) is 19.7. The first-order valence-corrected chi connectivity index (χ1v) is 7.12. The van der Waals surface area contributed by atoms with E-state index < -0.39 is 0 Å². The monoisotopic (exact) mass is 247 g/mol. The second-order valence-corrected chi connectivity index (χ2v) is 5.78. The van der Waals surface area contributed by atoms with Crippen LogP contribution in [0, 0.1) is 5.92 Å². The number of para-hydroxylation sites is 1. The Bertz CT molecular complexity index is 375. The summed E-state index contributed by atoms with van der Waals surface area (Å²) >= 11 is 0. The Morgan fingerprint density at radius 3 is 2.83 bits per heavy atom. The molecule has 1 aromatic rings. The number of benzene rings is 1. The summed E-state index contributed by atoms with van der Waals surface area (Å²) in [6.45, 7) is 8.73. The number of hydrogen-bond acceptors (Lipinski definition) is 2. The zero-order valence-electron chi connectivity index (χ0n) is 11.8. The third-order valence-corrected chi connectivity index (χ3v) is 3.68. The lowest BCUT2D eigenvalue weighted by molar-refractivity contribution is 0.305. The van der Waals surface area contributed by atoms with E-state index in [-0.39, 0.29) is 0 Å². The Hall–Kier alpha value is -1.02. The van der Waals surface area contributed by atoms with Crippen molar-refractivity contribution in [3.05, 3.63) is 29.8 Å². The largest absolute Gasteiger partial charge is 0.493 e. The smallest absolute Gasteiger partial charge is 0.122 e. The highest BCUT2D eigenvalue weighted by Crippen LogP contribution is 2.37. The van der Waals surface area contributed by atoms with Gasteiger partial charge in [-0.2, -0.15) is 0 Å². The quantitative estimate of drug-likeness (QED) is 0.829. The fraction of sp³-hybridized carbons (Fsp3) is 0.625. The highest BCUT2D eigenvalue weighted by Gasteiger charge is 2.24. The van der Waals surface area contributed by atoms with Crippen LogP contribution in [0.1, 0.15) is 45.1 Å². The number of rotatable bonds is 6. The summed E-state index contributed by atoms with van der Waals surface area (Å²) in [4.78, 5) is 0. The maximum Gasteiger partial charge on any atom is 0.122 e. The average Bonchev–Trinajstić information content (AvgIpc) is 2.72. The fourth-order valence-electron chi connectivity index (χ4n) is 2.65. The lowest BCUT2D eigenvalue weighted by Gasteiger charge is -2.17. The van der Waals surface area contributed by atoms with Gasteiger partial charge in [0.1, 0.15) is 5.75 Å². The number of nitrogens with one attached hydrogen (secondary N) is 1. The van der Waals surface area contributed by atoms with Crippen molar-refractivity contribution in [3.8, 4) is 5.75 Å². The Kier molecular flexibility index (Phi) is 4.65. The molecule has 1 aromatic carbocycles. The minimum Gasteiger partial charge on any atom is -0.493 e. The molecule has 2 heteroatoms. The maximum atomic E-state index is 5.74. The summed E-state index contributed by atoms with van der Waals surface area (Å²) in [5.74, 6) is 2.43. The zero-order valence-corrected chi connectivity index (χ0v) is 11.8. The van der Waals surface area contributed by atoms with Gasteiger partial charge in [-0.3, -0.25) is 0 Å². The molecule has 1 N–H and O–H groups in total. The summed E-state index contributed by atoms with van der Waals surface area (Å²) in [5, 5.41) is 3.49. The van der Waals surface area contributed by atoms with Crippen LogP contribution < -0.4 is 10.1 Å². The predicted molar refractivity (Wildman–Crippen MR) is 76.2 cm³/mol. The molecule has 0 aromatic heterocycles. The van der Waals surface area contributed by atoms with Crippen LogP contribution in [0.25, 0.3) is 0 Å². The fourth-order valence-corrected chi connectivity index (χ4v) is 2.65. The van der Waals surface area contributed by atoms with Crippen molar-refractivity contribution < 1.29 is 4.74 Å². The van der Waals surface area contributed by atoms with Gasteiger partial charge in [-0.15, -0.1) is 0 Å². The summed E-state index contributed by atoms with van der Waals surface area (Å²) < 4.78 is 5.74. The molecular formula is C16H25NO. The molecule has 0 aliphatic carbocycles. The van der Waals surface area contributed by atoms with E-state index >= 15 is 0 Å². The van der Waals surface area contributed by atoms with Crippen molar-refractivity contribution in [2.24, 2.45) is 5.92 Å². The van der Waals surface area contributed by atoms with Crippen molar-refractivity contribution in [1.82, 2.24) is 5.32 Å². The molecule has 2 nitrogen and oxygen atoms in total. The molecule has 1 heterocycles. The minimum atomic E-state index is 0.590.